The maximum atomic E-state index is 14.2. The van der Waals surface area contributed by atoms with Crippen LogP contribution in [0.1, 0.15) is 38.6 Å². The summed E-state index contributed by atoms with van der Waals surface area (Å²) < 4.78 is 22.2. The fourth-order valence-corrected chi connectivity index (χ4v) is 5.43. The second-order valence-corrected chi connectivity index (χ2v) is 9.70. The van der Waals surface area contributed by atoms with Crippen LogP contribution in [0.3, 0.4) is 0 Å². The lowest BCUT2D eigenvalue weighted by Crippen LogP contribution is -2.42. The summed E-state index contributed by atoms with van der Waals surface area (Å²) in [5.74, 6) is -0.146. The van der Waals surface area contributed by atoms with Crippen LogP contribution in [0.15, 0.2) is 42.9 Å². The highest BCUT2D eigenvalue weighted by atomic mass is 32.1. The molecule has 11 heteroatoms. The number of piperidine rings is 1. The summed E-state index contributed by atoms with van der Waals surface area (Å²) in [5.41, 5.74) is 7.37. The molecule has 0 aliphatic carbocycles. The number of nitrogens with zero attached hydrogens (tertiary/aromatic N) is 4. The van der Waals surface area contributed by atoms with Gasteiger partial charge in [-0.1, -0.05) is 0 Å². The maximum Gasteiger partial charge on any atom is 0.270 e. The summed E-state index contributed by atoms with van der Waals surface area (Å²) in [6.07, 6.45) is 4.30. The molecule has 1 saturated heterocycles. The van der Waals surface area contributed by atoms with Gasteiger partial charge in [-0.15, -0.1) is 11.3 Å². The van der Waals surface area contributed by atoms with Crippen molar-refractivity contribution >= 4 is 44.9 Å². The molecule has 4 aromatic rings. The van der Waals surface area contributed by atoms with Crippen LogP contribution in [0.2, 0.25) is 0 Å². The lowest BCUT2D eigenvalue weighted by Gasteiger charge is -2.32. The van der Waals surface area contributed by atoms with E-state index in [1.807, 2.05) is 24.2 Å². The summed E-state index contributed by atoms with van der Waals surface area (Å²) in [4.78, 5) is 36.0. The van der Waals surface area contributed by atoms with Crippen molar-refractivity contribution in [2.45, 2.75) is 25.9 Å². The van der Waals surface area contributed by atoms with Gasteiger partial charge in [-0.05, 0) is 36.8 Å². The van der Waals surface area contributed by atoms with E-state index < -0.39 is 11.7 Å². The monoisotopic (exact) mass is 508 g/mol. The summed E-state index contributed by atoms with van der Waals surface area (Å²) in [5, 5.41) is 3.90. The molecule has 186 valence electrons. The van der Waals surface area contributed by atoms with Gasteiger partial charge in [0.05, 0.1) is 16.0 Å². The Kier molecular flexibility index (Phi) is 6.31. The number of aryl methyl sites for hydroxylation is 2. The van der Waals surface area contributed by atoms with E-state index in [0.717, 1.165) is 0 Å². The molecule has 0 spiro atoms. The minimum Gasteiger partial charge on any atom is -0.488 e. The number of fused-ring (bicyclic) bond motifs is 1. The van der Waals surface area contributed by atoms with Gasteiger partial charge in [0.1, 0.15) is 40.3 Å². The van der Waals surface area contributed by atoms with Crippen LogP contribution in [0, 0.1) is 12.7 Å². The number of amides is 2. The van der Waals surface area contributed by atoms with Crippen molar-refractivity contribution in [3.8, 4) is 5.75 Å². The van der Waals surface area contributed by atoms with E-state index >= 15 is 0 Å². The number of thiophene rings is 1. The molecule has 1 aliphatic heterocycles. The number of aromatic nitrogens is 3. The van der Waals surface area contributed by atoms with Gasteiger partial charge in [0.15, 0.2) is 0 Å². The fraction of sp³-hybridized carbons (Fsp3) is 0.280. The van der Waals surface area contributed by atoms with Gasteiger partial charge in [0.2, 0.25) is 0 Å². The summed E-state index contributed by atoms with van der Waals surface area (Å²) in [7, 11) is 1.85. The van der Waals surface area contributed by atoms with Crippen molar-refractivity contribution in [1.82, 2.24) is 19.4 Å². The summed E-state index contributed by atoms with van der Waals surface area (Å²) >= 11 is 1.20. The molecule has 0 radical (unpaired) electrons. The number of anilines is 2. The van der Waals surface area contributed by atoms with Crippen molar-refractivity contribution in [1.29, 1.82) is 0 Å². The van der Waals surface area contributed by atoms with Crippen molar-refractivity contribution in [2.24, 2.45) is 12.8 Å². The number of carbonyl (C=O) groups excluding carboxylic acids is 2. The van der Waals surface area contributed by atoms with Gasteiger partial charge in [0, 0.05) is 45.2 Å². The molecule has 1 fully saturated rings. The molecule has 5 rings (SSSR count). The molecule has 36 heavy (non-hydrogen) atoms. The first kappa shape index (κ1) is 23.7. The van der Waals surface area contributed by atoms with Crippen molar-refractivity contribution in [3.05, 3.63) is 64.8 Å². The molecule has 0 saturated carbocycles. The number of nitrogens with two attached hydrogens (primary N) is 1. The van der Waals surface area contributed by atoms with E-state index in [1.165, 1.54) is 29.8 Å². The predicted molar refractivity (Wildman–Crippen MR) is 135 cm³/mol. The summed E-state index contributed by atoms with van der Waals surface area (Å²) in [6, 6.07) is 7.91. The van der Waals surface area contributed by atoms with Crippen LogP contribution >= 0.6 is 11.3 Å². The van der Waals surface area contributed by atoms with Gasteiger partial charge in [-0.3, -0.25) is 9.59 Å². The van der Waals surface area contributed by atoms with E-state index in [0.29, 0.717) is 69.5 Å². The fourth-order valence-electron chi connectivity index (χ4n) is 4.43. The molecule has 1 aliphatic rings. The third kappa shape index (κ3) is 4.49. The number of ether oxygens (including phenoxy) is 1. The number of likely N-dealkylation sites (tertiary alicyclic amines) is 1. The van der Waals surface area contributed by atoms with E-state index in [9.17, 15) is 14.0 Å². The van der Waals surface area contributed by atoms with Gasteiger partial charge < -0.3 is 25.3 Å². The van der Waals surface area contributed by atoms with Crippen molar-refractivity contribution in [3.63, 3.8) is 0 Å². The molecule has 0 bridgehead atoms. The second kappa shape index (κ2) is 9.57. The van der Waals surface area contributed by atoms with Crippen LogP contribution in [0.5, 0.6) is 5.75 Å². The Labute approximate surface area is 210 Å². The van der Waals surface area contributed by atoms with Gasteiger partial charge >= 0.3 is 0 Å². The number of hydrogen-bond donors (Lipinski definition) is 2. The lowest BCUT2D eigenvalue weighted by molar-refractivity contribution is 0.0587. The minimum absolute atomic E-state index is 0.0108. The third-order valence-corrected chi connectivity index (χ3v) is 7.55. The Hall–Kier alpha value is -3.99. The first-order valence-electron chi connectivity index (χ1n) is 11.5. The zero-order chi connectivity index (χ0) is 25.4. The number of rotatable bonds is 6. The molecule has 0 unspecified atom stereocenters. The first-order chi connectivity index (χ1) is 17.3. The van der Waals surface area contributed by atoms with E-state index in [-0.39, 0.29) is 12.0 Å². The van der Waals surface area contributed by atoms with Crippen LogP contribution in [-0.2, 0) is 7.05 Å². The van der Waals surface area contributed by atoms with Gasteiger partial charge in [0.25, 0.3) is 11.8 Å². The molecule has 9 nitrogen and oxygen atoms in total. The molecular weight excluding hydrogens is 483 g/mol. The zero-order valence-electron chi connectivity index (χ0n) is 19.8. The van der Waals surface area contributed by atoms with E-state index in [4.69, 9.17) is 10.5 Å². The highest BCUT2D eigenvalue weighted by molar-refractivity contribution is 7.20. The SMILES string of the molecule is Cc1c(C(N)=O)sc2ncnc(Nc3ccc(F)cc3OC3CCN(C(=O)c4cccn4C)CC3)c12. The highest BCUT2D eigenvalue weighted by Gasteiger charge is 2.27. The van der Waals surface area contributed by atoms with Crippen LogP contribution in [-0.4, -0.2) is 50.4 Å². The van der Waals surface area contributed by atoms with Crippen molar-refractivity contribution < 1.29 is 18.7 Å². The van der Waals surface area contributed by atoms with Gasteiger partial charge in [-0.25, -0.2) is 14.4 Å². The van der Waals surface area contributed by atoms with Crippen LogP contribution in [0.25, 0.3) is 10.2 Å². The molecule has 3 aromatic heterocycles. The highest BCUT2D eigenvalue weighted by Crippen LogP contribution is 2.37. The molecule has 4 heterocycles. The maximum absolute atomic E-state index is 14.2. The molecule has 0 atom stereocenters. The average molecular weight is 509 g/mol. The average Bonchev–Trinajstić information content (AvgIpc) is 3.44. The molecular formula is C25H25FN6O3S. The minimum atomic E-state index is -0.524. The van der Waals surface area contributed by atoms with Gasteiger partial charge in [-0.2, -0.15) is 0 Å². The quantitative estimate of drug-likeness (QED) is 0.407. The molecule has 1 aromatic carbocycles. The first-order valence-corrected chi connectivity index (χ1v) is 12.3. The number of nitrogens with one attached hydrogen (secondary N) is 1. The number of carbonyl (C=O) groups is 2. The number of benzene rings is 1. The van der Waals surface area contributed by atoms with E-state index in [1.54, 1.807) is 23.6 Å². The van der Waals surface area contributed by atoms with Crippen LogP contribution in [0.4, 0.5) is 15.9 Å². The predicted octanol–water partition coefficient (Wildman–Crippen LogP) is 4.00. The normalized spacial score (nSPS) is 14.2. The Bertz CT molecular complexity index is 1460. The smallest absolute Gasteiger partial charge is 0.270 e. The Balaban J connectivity index is 1.34. The Morgan fingerprint density at radius 1 is 1.22 bits per heavy atom. The standard InChI is InChI=1S/C25H25FN6O3S/c1-14-20-23(28-13-29-24(20)36-21(14)22(27)33)30-17-6-5-15(26)12-19(17)35-16-7-10-32(11-8-16)25(34)18-4-3-9-31(18)2/h3-6,9,12-13,16H,7-8,10-11H2,1-2H3,(H2,27,33)(H,28,29,30). The number of halogens is 1. The van der Waals surface area contributed by atoms with E-state index in [2.05, 4.69) is 15.3 Å². The number of primary amides is 1. The number of hydrogen-bond acceptors (Lipinski definition) is 7. The largest absolute Gasteiger partial charge is 0.488 e. The topological polar surface area (TPSA) is 115 Å². The third-order valence-electron chi connectivity index (χ3n) is 6.33. The summed E-state index contributed by atoms with van der Waals surface area (Å²) in [6.45, 7) is 2.88. The Morgan fingerprint density at radius 2 is 2.00 bits per heavy atom. The lowest BCUT2D eigenvalue weighted by atomic mass is 10.1. The van der Waals surface area contributed by atoms with Crippen LogP contribution < -0.4 is 15.8 Å². The zero-order valence-corrected chi connectivity index (χ0v) is 20.6. The Morgan fingerprint density at radius 3 is 2.69 bits per heavy atom. The molecule has 2 amide bonds. The molecule has 3 N–H and O–H groups in total. The second-order valence-electron chi connectivity index (χ2n) is 8.70. The van der Waals surface area contributed by atoms with Crippen molar-refractivity contribution in [2.75, 3.05) is 18.4 Å².